The van der Waals surface area contributed by atoms with Gasteiger partial charge in [-0.2, -0.15) is 17.0 Å². The van der Waals surface area contributed by atoms with Crippen molar-refractivity contribution in [3.05, 3.63) is 0 Å². The molecule has 94 valence electrons. The summed E-state index contributed by atoms with van der Waals surface area (Å²) in [4.78, 5) is 0. The summed E-state index contributed by atoms with van der Waals surface area (Å²) >= 11 is 0. The van der Waals surface area contributed by atoms with Crippen LogP contribution in [-0.4, -0.2) is 56.3 Å². The maximum atomic E-state index is 12.3. The van der Waals surface area contributed by atoms with E-state index in [-0.39, 0.29) is 6.04 Å². The Morgan fingerprint density at radius 2 is 1.81 bits per heavy atom. The molecule has 2 aliphatic rings. The first-order valence-corrected chi connectivity index (χ1v) is 7.35. The molecule has 0 aromatic carbocycles. The second-order valence-corrected chi connectivity index (χ2v) is 6.91. The first-order chi connectivity index (χ1) is 7.51. The molecule has 2 aliphatic heterocycles. The zero-order valence-corrected chi connectivity index (χ0v) is 10.8. The highest BCUT2D eigenvalue weighted by Gasteiger charge is 2.35. The molecule has 0 atom stereocenters. The molecule has 0 aromatic rings. The molecule has 0 saturated carbocycles. The third-order valence-corrected chi connectivity index (χ3v) is 5.75. The summed E-state index contributed by atoms with van der Waals surface area (Å²) in [5.41, 5.74) is 0. The van der Waals surface area contributed by atoms with Crippen LogP contribution in [-0.2, 0) is 10.2 Å². The van der Waals surface area contributed by atoms with Gasteiger partial charge in [0.2, 0.25) is 0 Å². The maximum Gasteiger partial charge on any atom is 0.282 e. The number of likely N-dealkylation sites (N-methyl/N-ethyl adjacent to an activating group) is 1. The van der Waals surface area contributed by atoms with Gasteiger partial charge in [-0.05, 0) is 18.8 Å². The fourth-order valence-corrected chi connectivity index (χ4v) is 3.68. The molecule has 0 unspecified atom stereocenters. The van der Waals surface area contributed by atoms with Crippen LogP contribution >= 0.6 is 0 Å². The van der Waals surface area contributed by atoms with Gasteiger partial charge in [0.25, 0.3) is 10.2 Å². The SMILES string of the molecule is CC1CCN(S(=O)(=O)N(C)C2CNC2)CC1. The highest BCUT2D eigenvalue weighted by atomic mass is 32.2. The van der Waals surface area contributed by atoms with E-state index in [0.29, 0.717) is 19.0 Å². The fraction of sp³-hybridized carbons (Fsp3) is 1.00. The van der Waals surface area contributed by atoms with Gasteiger partial charge in [0.15, 0.2) is 0 Å². The van der Waals surface area contributed by atoms with E-state index in [4.69, 9.17) is 0 Å². The van der Waals surface area contributed by atoms with Gasteiger partial charge in [0.1, 0.15) is 0 Å². The Labute approximate surface area is 98.0 Å². The van der Waals surface area contributed by atoms with Crippen molar-refractivity contribution in [2.24, 2.45) is 5.92 Å². The van der Waals surface area contributed by atoms with Crippen LogP contribution in [0.4, 0.5) is 0 Å². The van der Waals surface area contributed by atoms with Gasteiger partial charge in [-0.1, -0.05) is 6.92 Å². The number of hydrogen-bond donors (Lipinski definition) is 1. The predicted octanol–water partition coefficient (Wildman–Crippen LogP) is -0.133. The molecule has 1 N–H and O–H groups in total. The normalized spacial score (nSPS) is 25.9. The Bertz CT molecular complexity index is 332. The summed E-state index contributed by atoms with van der Waals surface area (Å²) in [6.07, 6.45) is 1.96. The van der Waals surface area contributed by atoms with E-state index in [1.165, 1.54) is 4.31 Å². The van der Waals surface area contributed by atoms with E-state index < -0.39 is 10.2 Å². The Morgan fingerprint density at radius 1 is 1.25 bits per heavy atom. The van der Waals surface area contributed by atoms with Crippen LogP contribution in [0.25, 0.3) is 0 Å². The standard InChI is InChI=1S/C10H21N3O2S/c1-9-3-5-13(6-4-9)16(14,15)12(2)10-7-11-8-10/h9-11H,3-8H2,1-2H3. The second-order valence-electron chi connectivity index (χ2n) is 4.92. The third-order valence-electron chi connectivity index (χ3n) is 3.71. The minimum Gasteiger partial charge on any atom is -0.313 e. The van der Waals surface area contributed by atoms with Crippen molar-refractivity contribution in [3.63, 3.8) is 0 Å². The first-order valence-electron chi connectivity index (χ1n) is 5.95. The van der Waals surface area contributed by atoms with Crippen LogP contribution in [0.15, 0.2) is 0 Å². The molecule has 2 saturated heterocycles. The summed E-state index contributed by atoms with van der Waals surface area (Å²) in [6, 6.07) is 0.143. The van der Waals surface area contributed by atoms with Gasteiger partial charge in [0, 0.05) is 33.2 Å². The molecular formula is C10H21N3O2S. The largest absolute Gasteiger partial charge is 0.313 e. The molecule has 0 amide bonds. The van der Waals surface area contributed by atoms with Gasteiger partial charge in [0.05, 0.1) is 6.04 Å². The van der Waals surface area contributed by atoms with Crippen molar-refractivity contribution in [3.8, 4) is 0 Å². The maximum absolute atomic E-state index is 12.3. The van der Waals surface area contributed by atoms with Crippen molar-refractivity contribution >= 4 is 10.2 Å². The van der Waals surface area contributed by atoms with Gasteiger partial charge in [-0.25, -0.2) is 0 Å². The first kappa shape index (κ1) is 12.3. The van der Waals surface area contributed by atoms with Crippen molar-refractivity contribution in [2.75, 3.05) is 33.2 Å². The van der Waals surface area contributed by atoms with E-state index >= 15 is 0 Å². The van der Waals surface area contributed by atoms with Gasteiger partial charge in [-0.15, -0.1) is 0 Å². The highest BCUT2D eigenvalue weighted by molar-refractivity contribution is 7.86. The van der Waals surface area contributed by atoms with Crippen LogP contribution in [0, 0.1) is 5.92 Å². The molecule has 16 heavy (non-hydrogen) atoms. The number of rotatable bonds is 3. The van der Waals surface area contributed by atoms with Gasteiger partial charge < -0.3 is 5.32 Å². The van der Waals surface area contributed by atoms with Crippen molar-refractivity contribution in [2.45, 2.75) is 25.8 Å². The summed E-state index contributed by atoms with van der Waals surface area (Å²) in [7, 11) is -1.53. The van der Waals surface area contributed by atoms with Crippen molar-refractivity contribution in [1.82, 2.24) is 13.9 Å². The second kappa shape index (κ2) is 4.60. The highest BCUT2D eigenvalue weighted by Crippen LogP contribution is 2.21. The van der Waals surface area contributed by atoms with Crippen molar-refractivity contribution in [1.29, 1.82) is 0 Å². The van der Waals surface area contributed by atoms with Gasteiger partial charge in [-0.3, -0.25) is 0 Å². The van der Waals surface area contributed by atoms with Gasteiger partial charge >= 0.3 is 0 Å². The molecule has 0 spiro atoms. The lowest BCUT2D eigenvalue weighted by atomic mass is 10.0. The topological polar surface area (TPSA) is 52.7 Å². The molecule has 5 nitrogen and oxygen atoms in total. The lowest BCUT2D eigenvalue weighted by Crippen LogP contribution is -2.60. The van der Waals surface area contributed by atoms with E-state index in [0.717, 1.165) is 25.9 Å². The number of nitrogens with one attached hydrogen (secondary N) is 1. The Morgan fingerprint density at radius 3 is 2.25 bits per heavy atom. The van der Waals surface area contributed by atoms with Crippen molar-refractivity contribution < 1.29 is 8.42 Å². The Hall–Kier alpha value is -0.170. The smallest absolute Gasteiger partial charge is 0.282 e. The monoisotopic (exact) mass is 247 g/mol. The number of hydrogen-bond acceptors (Lipinski definition) is 3. The quantitative estimate of drug-likeness (QED) is 0.755. The van der Waals surface area contributed by atoms with E-state index in [1.807, 2.05) is 0 Å². The average molecular weight is 247 g/mol. The van der Waals surface area contributed by atoms with E-state index in [2.05, 4.69) is 12.2 Å². The van der Waals surface area contributed by atoms with E-state index in [9.17, 15) is 8.42 Å². The zero-order chi connectivity index (χ0) is 11.8. The zero-order valence-electron chi connectivity index (χ0n) is 10.0. The molecule has 6 heteroatoms. The summed E-state index contributed by atoms with van der Waals surface area (Å²) in [5.74, 6) is 0.655. The Balaban J connectivity index is 2.00. The fourth-order valence-electron chi connectivity index (χ4n) is 2.12. The average Bonchev–Trinajstić information content (AvgIpc) is 2.15. The summed E-state index contributed by atoms with van der Waals surface area (Å²) in [5, 5.41) is 3.10. The lowest BCUT2D eigenvalue weighted by Gasteiger charge is -2.39. The minimum absolute atomic E-state index is 0.143. The van der Waals surface area contributed by atoms with Crippen LogP contribution in [0.3, 0.4) is 0 Å². The predicted molar refractivity (Wildman–Crippen MR) is 63.3 cm³/mol. The van der Waals surface area contributed by atoms with Crippen LogP contribution in [0.2, 0.25) is 0 Å². The molecule has 0 aliphatic carbocycles. The number of piperidine rings is 1. The van der Waals surface area contributed by atoms with E-state index in [1.54, 1.807) is 11.4 Å². The van der Waals surface area contributed by atoms with Crippen LogP contribution in [0.1, 0.15) is 19.8 Å². The molecule has 0 aromatic heterocycles. The number of nitrogens with zero attached hydrogens (tertiary/aromatic N) is 2. The Kier molecular flexibility index (Phi) is 3.53. The lowest BCUT2D eigenvalue weighted by molar-refractivity contribution is 0.230. The molecule has 0 radical (unpaired) electrons. The molecule has 2 heterocycles. The molecular weight excluding hydrogens is 226 g/mol. The third kappa shape index (κ3) is 2.25. The van der Waals surface area contributed by atoms with Crippen LogP contribution < -0.4 is 5.32 Å². The molecule has 0 bridgehead atoms. The summed E-state index contributed by atoms with van der Waals surface area (Å²) < 4.78 is 27.7. The van der Waals surface area contributed by atoms with Crippen LogP contribution in [0.5, 0.6) is 0 Å². The molecule has 2 rings (SSSR count). The summed E-state index contributed by atoms with van der Waals surface area (Å²) in [6.45, 7) is 5.09. The molecule has 2 fully saturated rings. The minimum atomic E-state index is -3.22.